The zero-order valence-electron chi connectivity index (χ0n) is 10.5. The number of hydrogen-bond donors (Lipinski definition) is 1. The highest BCUT2D eigenvalue weighted by molar-refractivity contribution is 5.24. The lowest BCUT2D eigenvalue weighted by atomic mass is 10.1. The van der Waals surface area contributed by atoms with Crippen molar-refractivity contribution in [3.63, 3.8) is 0 Å². The summed E-state index contributed by atoms with van der Waals surface area (Å²) in [5.74, 6) is 2.41. The van der Waals surface area contributed by atoms with Gasteiger partial charge in [0.2, 0.25) is 0 Å². The predicted molar refractivity (Wildman–Crippen MR) is 68.0 cm³/mol. The van der Waals surface area contributed by atoms with Crippen molar-refractivity contribution < 1.29 is 0 Å². The molecule has 0 saturated heterocycles. The van der Waals surface area contributed by atoms with Crippen molar-refractivity contribution in [2.24, 2.45) is 5.73 Å². The third-order valence-electron chi connectivity index (χ3n) is 3.77. The fourth-order valence-corrected chi connectivity index (χ4v) is 2.19. The Balaban J connectivity index is 1.84. The molecule has 0 amide bonds. The van der Waals surface area contributed by atoms with Gasteiger partial charge in [0.05, 0.1) is 0 Å². The third kappa shape index (κ3) is 2.65. The first-order valence-corrected chi connectivity index (χ1v) is 6.89. The van der Waals surface area contributed by atoms with Crippen molar-refractivity contribution in [1.29, 1.82) is 0 Å². The first-order chi connectivity index (χ1) is 8.26. The van der Waals surface area contributed by atoms with Crippen LogP contribution in [-0.2, 0) is 6.42 Å². The summed E-state index contributed by atoms with van der Waals surface area (Å²) in [5.41, 5.74) is 8.56. The standard InChI is InChI=1S/C14H21N3/c1-2-11(15)7-14-16-12(9-3-4-9)8-13(17-14)10-5-6-10/h8-11H,2-7,15H2,1H3. The fourth-order valence-electron chi connectivity index (χ4n) is 2.19. The quantitative estimate of drug-likeness (QED) is 0.847. The Morgan fingerprint density at radius 3 is 2.12 bits per heavy atom. The van der Waals surface area contributed by atoms with Crippen LogP contribution >= 0.6 is 0 Å². The smallest absolute Gasteiger partial charge is 0.130 e. The van der Waals surface area contributed by atoms with Crippen molar-refractivity contribution in [2.45, 2.75) is 63.3 Å². The Bertz CT molecular complexity index is 378. The van der Waals surface area contributed by atoms with E-state index in [1.54, 1.807) is 0 Å². The summed E-state index contributed by atoms with van der Waals surface area (Å²) in [6.45, 7) is 2.12. The van der Waals surface area contributed by atoms with Gasteiger partial charge in [0.25, 0.3) is 0 Å². The minimum absolute atomic E-state index is 0.205. The van der Waals surface area contributed by atoms with E-state index in [9.17, 15) is 0 Å². The molecule has 1 atom stereocenters. The number of hydrogen-bond acceptors (Lipinski definition) is 3. The molecule has 0 spiro atoms. The maximum atomic E-state index is 6.01. The van der Waals surface area contributed by atoms with Crippen molar-refractivity contribution >= 4 is 0 Å². The maximum absolute atomic E-state index is 6.01. The number of nitrogens with zero attached hydrogens (tertiary/aromatic N) is 2. The van der Waals surface area contributed by atoms with E-state index in [2.05, 4.69) is 13.0 Å². The summed E-state index contributed by atoms with van der Waals surface area (Å²) in [6, 6.07) is 2.45. The molecule has 17 heavy (non-hydrogen) atoms. The van der Waals surface area contributed by atoms with Crippen LogP contribution in [-0.4, -0.2) is 16.0 Å². The molecule has 0 aliphatic heterocycles. The fraction of sp³-hybridized carbons (Fsp3) is 0.714. The van der Waals surface area contributed by atoms with E-state index in [0.717, 1.165) is 18.7 Å². The van der Waals surface area contributed by atoms with Gasteiger partial charge in [-0.25, -0.2) is 9.97 Å². The highest BCUT2D eigenvalue weighted by atomic mass is 14.9. The lowest BCUT2D eigenvalue weighted by molar-refractivity contribution is 0.618. The SMILES string of the molecule is CCC(N)Cc1nc(C2CC2)cc(C2CC2)n1. The van der Waals surface area contributed by atoms with Crippen LogP contribution in [0.2, 0.25) is 0 Å². The van der Waals surface area contributed by atoms with E-state index < -0.39 is 0 Å². The van der Waals surface area contributed by atoms with E-state index in [4.69, 9.17) is 15.7 Å². The van der Waals surface area contributed by atoms with E-state index in [0.29, 0.717) is 11.8 Å². The first kappa shape index (κ1) is 11.1. The molecular formula is C14H21N3. The summed E-state index contributed by atoms with van der Waals surface area (Å²) < 4.78 is 0. The van der Waals surface area contributed by atoms with Gasteiger partial charge >= 0.3 is 0 Å². The molecule has 2 N–H and O–H groups in total. The van der Waals surface area contributed by atoms with Crippen LogP contribution in [0.15, 0.2) is 6.07 Å². The summed E-state index contributed by atoms with van der Waals surface area (Å²) in [5, 5.41) is 0. The molecule has 1 aromatic rings. The second kappa shape index (κ2) is 4.37. The molecule has 2 aliphatic rings. The molecule has 3 nitrogen and oxygen atoms in total. The molecule has 0 aromatic carbocycles. The average Bonchev–Trinajstić information content (AvgIpc) is 3.20. The second-order valence-corrected chi connectivity index (χ2v) is 5.55. The summed E-state index contributed by atoms with van der Waals surface area (Å²) >= 11 is 0. The van der Waals surface area contributed by atoms with Gasteiger partial charge in [-0.1, -0.05) is 6.92 Å². The van der Waals surface area contributed by atoms with E-state index in [-0.39, 0.29) is 6.04 Å². The van der Waals surface area contributed by atoms with Gasteiger partial charge < -0.3 is 5.73 Å². The van der Waals surface area contributed by atoms with E-state index in [1.165, 1.54) is 37.1 Å². The lowest BCUT2D eigenvalue weighted by Gasteiger charge is -2.10. The van der Waals surface area contributed by atoms with Gasteiger partial charge in [-0.2, -0.15) is 0 Å². The first-order valence-electron chi connectivity index (χ1n) is 6.89. The van der Waals surface area contributed by atoms with Crippen LogP contribution in [0, 0.1) is 0 Å². The molecule has 2 aliphatic carbocycles. The molecule has 2 saturated carbocycles. The van der Waals surface area contributed by atoms with Crippen LogP contribution in [0.4, 0.5) is 0 Å². The number of aromatic nitrogens is 2. The highest BCUT2D eigenvalue weighted by Crippen LogP contribution is 2.43. The Labute approximate surface area is 103 Å². The monoisotopic (exact) mass is 231 g/mol. The van der Waals surface area contributed by atoms with Crippen LogP contribution in [0.3, 0.4) is 0 Å². The Hall–Kier alpha value is -0.960. The topological polar surface area (TPSA) is 51.8 Å². The predicted octanol–water partition coefficient (Wildman–Crippen LogP) is 2.51. The molecule has 92 valence electrons. The Morgan fingerprint density at radius 2 is 1.71 bits per heavy atom. The summed E-state index contributed by atoms with van der Waals surface area (Å²) in [4.78, 5) is 9.40. The van der Waals surface area contributed by atoms with Crippen molar-refractivity contribution in [1.82, 2.24) is 9.97 Å². The molecule has 0 radical (unpaired) electrons. The number of rotatable bonds is 5. The highest BCUT2D eigenvalue weighted by Gasteiger charge is 2.30. The molecule has 1 heterocycles. The van der Waals surface area contributed by atoms with Gasteiger partial charge in [-0.05, 0) is 38.2 Å². The van der Waals surface area contributed by atoms with Crippen LogP contribution < -0.4 is 5.73 Å². The molecule has 0 bridgehead atoms. The number of nitrogens with two attached hydrogens (primary N) is 1. The lowest BCUT2D eigenvalue weighted by Crippen LogP contribution is -2.23. The Kier molecular flexibility index (Phi) is 2.87. The van der Waals surface area contributed by atoms with E-state index in [1.807, 2.05) is 0 Å². The molecular weight excluding hydrogens is 210 g/mol. The van der Waals surface area contributed by atoms with Gasteiger partial charge in [-0.3, -0.25) is 0 Å². The minimum atomic E-state index is 0.205. The zero-order chi connectivity index (χ0) is 11.8. The van der Waals surface area contributed by atoms with Crippen LogP contribution in [0.1, 0.15) is 68.1 Å². The molecule has 2 fully saturated rings. The zero-order valence-corrected chi connectivity index (χ0v) is 10.5. The van der Waals surface area contributed by atoms with Gasteiger partial charge in [-0.15, -0.1) is 0 Å². The van der Waals surface area contributed by atoms with Crippen LogP contribution in [0.5, 0.6) is 0 Å². The Morgan fingerprint density at radius 1 is 1.18 bits per heavy atom. The van der Waals surface area contributed by atoms with Crippen LogP contribution in [0.25, 0.3) is 0 Å². The minimum Gasteiger partial charge on any atom is -0.327 e. The molecule has 3 heteroatoms. The van der Waals surface area contributed by atoms with Crippen molar-refractivity contribution in [2.75, 3.05) is 0 Å². The van der Waals surface area contributed by atoms with Gasteiger partial charge in [0.1, 0.15) is 5.82 Å². The second-order valence-electron chi connectivity index (χ2n) is 5.55. The largest absolute Gasteiger partial charge is 0.327 e. The van der Waals surface area contributed by atoms with Gasteiger partial charge in [0, 0.05) is 35.7 Å². The summed E-state index contributed by atoms with van der Waals surface area (Å²) in [6.07, 6.45) is 7.05. The van der Waals surface area contributed by atoms with Crippen molar-refractivity contribution in [3.8, 4) is 0 Å². The maximum Gasteiger partial charge on any atom is 0.130 e. The van der Waals surface area contributed by atoms with E-state index >= 15 is 0 Å². The molecule has 1 unspecified atom stereocenters. The summed E-state index contributed by atoms with van der Waals surface area (Å²) in [7, 11) is 0. The normalized spacial score (nSPS) is 21.5. The third-order valence-corrected chi connectivity index (χ3v) is 3.77. The molecule has 1 aromatic heterocycles. The average molecular weight is 231 g/mol. The van der Waals surface area contributed by atoms with Crippen molar-refractivity contribution in [3.05, 3.63) is 23.3 Å². The molecule has 3 rings (SSSR count). The van der Waals surface area contributed by atoms with Gasteiger partial charge in [0.15, 0.2) is 0 Å².